The maximum Gasteiger partial charge on any atom is 0.257 e. The topological polar surface area (TPSA) is 65.8 Å². The lowest BCUT2D eigenvalue weighted by molar-refractivity contribution is -0.123. The van der Waals surface area contributed by atoms with Gasteiger partial charge in [-0.15, -0.1) is 0 Å². The van der Waals surface area contributed by atoms with Gasteiger partial charge in [-0.3, -0.25) is 14.5 Å². The fraction of sp³-hybridized carbons (Fsp3) is 0.667. The van der Waals surface area contributed by atoms with Crippen molar-refractivity contribution < 1.29 is 14.0 Å². The van der Waals surface area contributed by atoms with Crippen molar-refractivity contribution in [3.63, 3.8) is 0 Å². The normalized spacial score (nSPS) is 25.5. The minimum absolute atomic E-state index is 0.00359. The van der Waals surface area contributed by atoms with E-state index in [0.29, 0.717) is 37.2 Å². The van der Waals surface area contributed by atoms with Gasteiger partial charge in [0.2, 0.25) is 5.91 Å². The molecule has 24 heavy (non-hydrogen) atoms. The summed E-state index contributed by atoms with van der Waals surface area (Å²) in [7, 11) is 0. The number of amides is 2. The summed E-state index contributed by atoms with van der Waals surface area (Å²) >= 11 is 0. The Balaban J connectivity index is 1.42. The van der Waals surface area contributed by atoms with E-state index in [4.69, 9.17) is 4.42 Å². The Hall–Kier alpha value is -1.82. The summed E-state index contributed by atoms with van der Waals surface area (Å²) in [5.41, 5.74) is 0.590. The maximum absolute atomic E-state index is 12.3. The van der Waals surface area contributed by atoms with Crippen LogP contribution in [-0.2, 0) is 4.79 Å². The summed E-state index contributed by atoms with van der Waals surface area (Å²) in [4.78, 5) is 28.5. The molecule has 1 aromatic rings. The highest BCUT2D eigenvalue weighted by Gasteiger charge is 2.26. The van der Waals surface area contributed by atoms with Crippen LogP contribution in [0.25, 0.3) is 0 Å². The molecule has 2 atom stereocenters. The number of hydrogen-bond donors (Lipinski definition) is 1. The summed E-state index contributed by atoms with van der Waals surface area (Å²) in [5, 5.41) is 3.20. The summed E-state index contributed by atoms with van der Waals surface area (Å²) in [6.45, 7) is 5.42. The Morgan fingerprint density at radius 1 is 1.21 bits per heavy atom. The van der Waals surface area contributed by atoms with E-state index < -0.39 is 0 Å². The van der Waals surface area contributed by atoms with Crippen molar-refractivity contribution in [2.24, 2.45) is 5.92 Å². The zero-order chi connectivity index (χ0) is 16.9. The highest BCUT2D eigenvalue weighted by Crippen LogP contribution is 2.23. The molecule has 0 bridgehead atoms. The molecule has 2 heterocycles. The van der Waals surface area contributed by atoms with E-state index in [1.165, 1.54) is 31.8 Å². The quantitative estimate of drug-likeness (QED) is 0.911. The largest absolute Gasteiger partial charge is 0.472 e. The van der Waals surface area contributed by atoms with Crippen molar-refractivity contribution >= 4 is 11.8 Å². The lowest BCUT2D eigenvalue weighted by Crippen LogP contribution is -2.52. The van der Waals surface area contributed by atoms with Gasteiger partial charge in [0.15, 0.2) is 0 Å². The number of carbonyl (C=O) groups is 2. The molecule has 0 spiro atoms. The minimum atomic E-state index is 0.00359. The number of nitrogens with one attached hydrogen (secondary N) is 1. The summed E-state index contributed by atoms with van der Waals surface area (Å²) < 4.78 is 4.97. The number of carbonyl (C=O) groups excluding carboxylic acids is 2. The number of furan rings is 1. The third-order valence-electron chi connectivity index (χ3n) is 5.25. The van der Waals surface area contributed by atoms with Crippen molar-refractivity contribution in [3.8, 4) is 0 Å². The molecule has 0 radical (unpaired) electrons. The molecule has 2 amide bonds. The molecule has 132 valence electrons. The van der Waals surface area contributed by atoms with Crippen LogP contribution in [0.1, 0.15) is 43.0 Å². The van der Waals surface area contributed by atoms with E-state index in [2.05, 4.69) is 17.1 Å². The molecule has 2 unspecified atom stereocenters. The van der Waals surface area contributed by atoms with Crippen LogP contribution < -0.4 is 5.32 Å². The minimum Gasteiger partial charge on any atom is -0.472 e. The maximum atomic E-state index is 12.3. The second-order valence-electron chi connectivity index (χ2n) is 7.02. The van der Waals surface area contributed by atoms with E-state index in [0.717, 1.165) is 19.5 Å². The zero-order valence-electron chi connectivity index (χ0n) is 14.4. The molecule has 2 fully saturated rings. The van der Waals surface area contributed by atoms with E-state index in [1.54, 1.807) is 6.07 Å². The summed E-state index contributed by atoms with van der Waals surface area (Å²) in [6.07, 6.45) is 7.79. The molecular formula is C18H27N3O3. The second kappa shape index (κ2) is 7.83. The molecule has 1 aromatic heterocycles. The van der Waals surface area contributed by atoms with Gasteiger partial charge < -0.3 is 14.6 Å². The number of rotatable bonds is 4. The van der Waals surface area contributed by atoms with Crippen LogP contribution in [0.3, 0.4) is 0 Å². The van der Waals surface area contributed by atoms with Crippen LogP contribution in [0.5, 0.6) is 0 Å². The van der Waals surface area contributed by atoms with Gasteiger partial charge in [0, 0.05) is 32.2 Å². The molecule has 1 N–H and O–H groups in total. The molecule has 1 saturated heterocycles. The van der Waals surface area contributed by atoms with Crippen LogP contribution in [0, 0.1) is 5.92 Å². The van der Waals surface area contributed by atoms with Gasteiger partial charge in [0.05, 0.1) is 18.4 Å². The van der Waals surface area contributed by atoms with Gasteiger partial charge in [0.25, 0.3) is 5.91 Å². The van der Waals surface area contributed by atoms with Gasteiger partial charge in [-0.25, -0.2) is 0 Å². The Bertz CT molecular complexity index is 550. The monoisotopic (exact) mass is 333 g/mol. The van der Waals surface area contributed by atoms with Crippen LogP contribution in [-0.4, -0.2) is 60.4 Å². The lowest BCUT2D eigenvalue weighted by Gasteiger charge is -2.35. The Morgan fingerprint density at radius 3 is 2.62 bits per heavy atom. The Morgan fingerprint density at radius 2 is 1.96 bits per heavy atom. The van der Waals surface area contributed by atoms with Crippen molar-refractivity contribution in [1.82, 2.24) is 15.1 Å². The first-order valence-electron chi connectivity index (χ1n) is 8.96. The molecule has 1 aliphatic carbocycles. The first-order valence-corrected chi connectivity index (χ1v) is 8.96. The lowest BCUT2D eigenvalue weighted by atomic mass is 9.86. The average Bonchev–Trinajstić information content (AvgIpc) is 3.11. The van der Waals surface area contributed by atoms with E-state index in [9.17, 15) is 9.59 Å². The van der Waals surface area contributed by atoms with Crippen molar-refractivity contribution in [3.05, 3.63) is 24.2 Å². The van der Waals surface area contributed by atoms with Crippen molar-refractivity contribution in [2.75, 3.05) is 32.7 Å². The zero-order valence-corrected chi connectivity index (χ0v) is 14.4. The van der Waals surface area contributed by atoms with Gasteiger partial charge in [-0.05, 0) is 24.8 Å². The fourth-order valence-corrected chi connectivity index (χ4v) is 3.66. The van der Waals surface area contributed by atoms with Gasteiger partial charge in [0.1, 0.15) is 6.26 Å². The highest BCUT2D eigenvalue weighted by molar-refractivity contribution is 5.93. The van der Waals surface area contributed by atoms with E-state index in [1.807, 2.05) is 4.90 Å². The van der Waals surface area contributed by atoms with E-state index >= 15 is 0 Å². The van der Waals surface area contributed by atoms with Crippen molar-refractivity contribution in [2.45, 2.75) is 38.6 Å². The fourth-order valence-electron chi connectivity index (χ4n) is 3.66. The van der Waals surface area contributed by atoms with Gasteiger partial charge >= 0.3 is 0 Å². The Kier molecular flexibility index (Phi) is 5.56. The molecule has 1 saturated carbocycles. The molecule has 2 aliphatic rings. The summed E-state index contributed by atoms with van der Waals surface area (Å²) in [6, 6.07) is 2.02. The molecule has 0 aromatic carbocycles. The number of hydrogen-bond acceptors (Lipinski definition) is 4. The van der Waals surface area contributed by atoms with E-state index in [-0.39, 0.29) is 11.8 Å². The molecule has 3 rings (SSSR count). The Labute approximate surface area is 143 Å². The number of nitrogens with zero attached hydrogens (tertiary/aromatic N) is 2. The molecule has 6 heteroatoms. The predicted molar refractivity (Wildman–Crippen MR) is 90.6 cm³/mol. The van der Waals surface area contributed by atoms with Gasteiger partial charge in [-0.1, -0.05) is 19.8 Å². The average molecular weight is 333 g/mol. The standard InChI is InChI=1S/C18H27N3O3/c1-14-4-2-3-5-16(14)19-17(22)12-20-7-9-21(10-8-20)18(23)15-6-11-24-13-15/h6,11,13-14,16H,2-5,7-10,12H2,1H3,(H,19,22). The number of piperazine rings is 1. The van der Waals surface area contributed by atoms with Crippen molar-refractivity contribution in [1.29, 1.82) is 0 Å². The van der Waals surface area contributed by atoms with Gasteiger partial charge in [-0.2, -0.15) is 0 Å². The predicted octanol–water partition coefficient (Wildman–Crippen LogP) is 1.73. The first kappa shape index (κ1) is 17.0. The molecule has 1 aliphatic heterocycles. The molecular weight excluding hydrogens is 306 g/mol. The third kappa shape index (κ3) is 4.17. The molecule has 6 nitrogen and oxygen atoms in total. The highest BCUT2D eigenvalue weighted by atomic mass is 16.3. The SMILES string of the molecule is CC1CCCCC1NC(=O)CN1CCN(C(=O)c2ccoc2)CC1. The second-order valence-corrected chi connectivity index (χ2v) is 7.02. The summed E-state index contributed by atoms with van der Waals surface area (Å²) in [5.74, 6) is 0.694. The smallest absolute Gasteiger partial charge is 0.257 e. The van der Waals surface area contributed by atoms with Crippen LogP contribution in [0.15, 0.2) is 23.0 Å². The van der Waals surface area contributed by atoms with Crippen LogP contribution in [0.4, 0.5) is 0 Å². The third-order valence-corrected chi connectivity index (χ3v) is 5.25. The first-order chi connectivity index (χ1) is 11.6. The van der Waals surface area contributed by atoms with Crippen LogP contribution in [0.2, 0.25) is 0 Å². The van der Waals surface area contributed by atoms with Crippen LogP contribution >= 0.6 is 0 Å².